The molecule has 2 aromatic rings. The number of hydrogen-bond acceptors (Lipinski definition) is 2. The first kappa shape index (κ1) is 12.0. The molecule has 1 N–H and O–H groups in total. The molecule has 1 aliphatic rings. The summed E-state index contributed by atoms with van der Waals surface area (Å²) in [7, 11) is 3.41. The summed E-state index contributed by atoms with van der Waals surface area (Å²) >= 11 is 0. The molecule has 3 rings (SSSR count). The molecule has 0 bridgehead atoms. The normalized spacial score (nSPS) is 17.4. The van der Waals surface area contributed by atoms with Crippen molar-refractivity contribution in [3.63, 3.8) is 0 Å². The molecule has 1 saturated carbocycles. The maximum atomic E-state index is 12.0. The van der Waals surface area contributed by atoms with Gasteiger partial charge in [0.25, 0.3) is 0 Å². The summed E-state index contributed by atoms with van der Waals surface area (Å²) in [6.07, 6.45) is 2.21. The van der Waals surface area contributed by atoms with Crippen molar-refractivity contribution in [2.75, 3.05) is 0 Å². The van der Waals surface area contributed by atoms with Gasteiger partial charge < -0.3 is 5.11 Å². The van der Waals surface area contributed by atoms with Crippen LogP contribution in [0.3, 0.4) is 0 Å². The van der Waals surface area contributed by atoms with Crippen molar-refractivity contribution in [3.05, 3.63) is 34.2 Å². The van der Waals surface area contributed by atoms with Crippen LogP contribution in [0.1, 0.15) is 24.8 Å². The van der Waals surface area contributed by atoms with Gasteiger partial charge in [0, 0.05) is 14.1 Å². The van der Waals surface area contributed by atoms with E-state index in [4.69, 9.17) is 0 Å². The largest absolute Gasteiger partial charge is 0.481 e. The van der Waals surface area contributed by atoms with E-state index in [-0.39, 0.29) is 5.69 Å². The molecule has 0 spiro atoms. The predicted molar refractivity (Wildman–Crippen MR) is 71.3 cm³/mol. The number of carboxylic acid groups (broad SMARTS) is 1. The second-order valence-electron chi connectivity index (χ2n) is 5.31. The monoisotopic (exact) mass is 260 g/mol. The van der Waals surface area contributed by atoms with Gasteiger partial charge in [0.1, 0.15) is 0 Å². The van der Waals surface area contributed by atoms with Gasteiger partial charge in [0.15, 0.2) is 0 Å². The Balaban J connectivity index is 2.40. The number of carboxylic acids is 1. The molecule has 0 unspecified atom stereocenters. The lowest BCUT2D eigenvalue weighted by molar-refractivity contribution is -0.147. The minimum absolute atomic E-state index is 0.123. The smallest absolute Gasteiger partial charge is 0.328 e. The quantitative estimate of drug-likeness (QED) is 0.887. The maximum absolute atomic E-state index is 12.0. The van der Waals surface area contributed by atoms with E-state index in [9.17, 15) is 14.7 Å². The van der Waals surface area contributed by atoms with Crippen molar-refractivity contribution < 1.29 is 9.90 Å². The number of benzene rings is 1. The Morgan fingerprint density at radius 1 is 1.26 bits per heavy atom. The first-order chi connectivity index (χ1) is 8.99. The van der Waals surface area contributed by atoms with Gasteiger partial charge in [0.2, 0.25) is 0 Å². The van der Waals surface area contributed by atoms with E-state index in [0.717, 1.165) is 23.0 Å². The molecule has 0 radical (unpaired) electrons. The molecule has 0 atom stereocenters. The molecule has 100 valence electrons. The van der Waals surface area contributed by atoms with E-state index in [2.05, 4.69) is 0 Å². The van der Waals surface area contributed by atoms with Crippen LogP contribution in [0.5, 0.6) is 0 Å². The Hall–Kier alpha value is -2.04. The summed E-state index contributed by atoms with van der Waals surface area (Å²) in [6.45, 7) is 0. The van der Waals surface area contributed by atoms with E-state index < -0.39 is 11.4 Å². The van der Waals surface area contributed by atoms with E-state index in [1.54, 1.807) is 23.2 Å². The summed E-state index contributed by atoms with van der Waals surface area (Å²) in [5, 5.41) is 9.57. The summed E-state index contributed by atoms with van der Waals surface area (Å²) in [5.74, 6) is -0.789. The van der Waals surface area contributed by atoms with Gasteiger partial charge in [-0.15, -0.1) is 0 Å². The topological polar surface area (TPSA) is 64.2 Å². The molecule has 1 aromatic heterocycles. The van der Waals surface area contributed by atoms with Gasteiger partial charge in [-0.25, -0.2) is 4.79 Å². The Kier molecular flexibility index (Phi) is 2.36. The Labute approximate surface area is 110 Å². The van der Waals surface area contributed by atoms with Gasteiger partial charge in [-0.3, -0.25) is 13.9 Å². The van der Waals surface area contributed by atoms with Crippen LogP contribution < -0.4 is 5.69 Å². The maximum Gasteiger partial charge on any atom is 0.328 e. The minimum Gasteiger partial charge on any atom is -0.481 e. The van der Waals surface area contributed by atoms with Gasteiger partial charge in [-0.2, -0.15) is 0 Å². The van der Waals surface area contributed by atoms with Crippen LogP contribution >= 0.6 is 0 Å². The lowest BCUT2D eigenvalue weighted by Crippen LogP contribution is -2.42. The van der Waals surface area contributed by atoms with Gasteiger partial charge in [0.05, 0.1) is 16.4 Å². The number of aromatic nitrogens is 2. The standard InChI is InChI=1S/C14H16N2O3/c1-15-10-6-3-5-9(11(10)16(2)13(15)19)14(12(17)18)7-4-8-14/h3,5-6H,4,7-8H2,1-2H3,(H,17,18). The highest BCUT2D eigenvalue weighted by atomic mass is 16.4. The van der Waals surface area contributed by atoms with E-state index >= 15 is 0 Å². The van der Waals surface area contributed by atoms with Crippen LogP contribution in [0.2, 0.25) is 0 Å². The highest BCUT2D eigenvalue weighted by molar-refractivity contribution is 5.91. The number of rotatable bonds is 2. The first-order valence-corrected chi connectivity index (χ1v) is 6.37. The third-order valence-electron chi connectivity index (χ3n) is 4.42. The zero-order chi connectivity index (χ0) is 13.8. The number of aliphatic carboxylic acids is 1. The summed E-state index contributed by atoms with van der Waals surface area (Å²) in [5.41, 5.74) is 1.37. The highest BCUT2D eigenvalue weighted by Gasteiger charge is 2.47. The molecule has 5 nitrogen and oxygen atoms in total. The van der Waals surface area contributed by atoms with Crippen LogP contribution in [0.4, 0.5) is 0 Å². The lowest BCUT2D eigenvalue weighted by atomic mass is 9.64. The third-order valence-corrected chi connectivity index (χ3v) is 4.42. The molecule has 5 heteroatoms. The number of carbonyl (C=O) groups is 1. The van der Waals surface area contributed by atoms with Crippen molar-refractivity contribution in [1.82, 2.24) is 9.13 Å². The summed E-state index contributed by atoms with van der Waals surface area (Å²) in [6, 6.07) is 5.53. The molecule has 19 heavy (non-hydrogen) atoms. The Morgan fingerprint density at radius 3 is 2.47 bits per heavy atom. The number of nitrogens with zero attached hydrogens (tertiary/aromatic N) is 2. The fourth-order valence-electron chi connectivity index (χ4n) is 3.09. The molecule has 1 aromatic carbocycles. The van der Waals surface area contributed by atoms with Crippen molar-refractivity contribution >= 4 is 17.0 Å². The number of fused-ring (bicyclic) bond motifs is 1. The summed E-state index contributed by atoms with van der Waals surface area (Å²) in [4.78, 5) is 23.7. The van der Waals surface area contributed by atoms with Crippen LogP contribution in [-0.4, -0.2) is 20.2 Å². The number of para-hydroxylation sites is 1. The first-order valence-electron chi connectivity index (χ1n) is 6.37. The van der Waals surface area contributed by atoms with Crippen LogP contribution in [0.25, 0.3) is 11.0 Å². The Morgan fingerprint density at radius 2 is 1.95 bits per heavy atom. The molecule has 0 saturated heterocycles. The van der Waals surface area contributed by atoms with Gasteiger partial charge in [-0.1, -0.05) is 18.6 Å². The second-order valence-corrected chi connectivity index (χ2v) is 5.31. The number of aryl methyl sites for hydroxylation is 2. The molecule has 1 fully saturated rings. The van der Waals surface area contributed by atoms with Crippen molar-refractivity contribution in [3.8, 4) is 0 Å². The fourth-order valence-corrected chi connectivity index (χ4v) is 3.09. The molecular weight excluding hydrogens is 244 g/mol. The molecule has 1 heterocycles. The average Bonchev–Trinajstić information content (AvgIpc) is 2.54. The molecule has 1 aliphatic carbocycles. The van der Waals surface area contributed by atoms with E-state index in [0.29, 0.717) is 12.8 Å². The number of hydrogen-bond donors (Lipinski definition) is 1. The van der Waals surface area contributed by atoms with Crippen molar-refractivity contribution in [2.24, 2.45) is 14.1 Å². The van der Waals surface area contributed by atoms with Crippen molar-refractivity contribution in [1.29, 1.82) is 0 Å². The zero-order valence-corrected chi connectivity index (χ0v) is 11.0. The van der Waals surface area contributed by atoms with Crippen LogP contribution in [0, 0.1) is 0 Å². The molecular formula is C14H16N2O3. The van der Waals surface area contributed by atoms with Gasteiger partial charge in [-0.05, 0) is 24.5 Å². The SMILES string of the molecule is Cn1c(=O)n(C)c2c(C3(C(=O)O)CCC3)cccc21. The molecule has 0 aliphatic heterocycles. The van der Waals surface area contributed by atoms with Gasteiger partial charge >= 0.3 is 11.7 Å². The van der Waals surface area contributed by atoms with Crippen molar-refractivity contribution in [2.45, 2.75) is 24.7 Å². The van der Waals surface area contributed by atoms with Crippen LogP contribution in [-0.2, 0) is 24.3 Å². The van der Waals surface area contributed by atoms with Crippen LogP contribution in [0.15, 0.2) is 23.0 Å². The highest BCUT2D eigenvalue weighted by Crippen LogP contribution is 2.46. The predicted octanol–water partition coefficient (Wildman–Crippen LogP) is 1.38. The van der Waals surface area contributed by atoms with E-state index in [1.165, 1.54) is 0 Å². The average molecular weight is 260 g/mol. The van der Waals surface area contributed by atoms with E-state index in [1.807, 2.05) is 18.2 Å². The zero-order valence-electron chi connectivity index (χ0n) is 11.0. The minimum atomic E-state index is -0.814. The number of imidazole rings is 1. The second kappa shape index (κ2) is 3.73. The Bertz CT molecular complexity index is 735. The molecule has 0 amide bonds. The lowest BCUT2D eigenvalue weighted by Gasteiger charge is -2.38. The third kappa shape index (κ3) is 1.35. The fraction of sp³-hybridized carbons (Fsp3) is 0.429. The summed E-state index contributed by atoms with van der Waals surface area (Å²) < 4.78 is 3.11.